The van der Waals surface area contributed by atoms with Gasteiger partial charge in [0.1, 0.15) is 0 Å². The second-order valence-electron chi connectivity index (χ2n) is 5.15. The first-order chi connectivity index (χ1) is 10.9. The normalized spacial score (nSPS) is 22.7. The standard InChI is InChI=1S/C19H20O2Se/c1-2-20-18-13-17(15-9-5-3-6-10-15)21-19(18)14-22-16-11-7-4-8-12-16/h3-12,14,17-18H,2,13H2,1H3/b19-14-/t17-,18-/m1/s1. The Morgan fingerprint density at radius 2 is 1.77 bits per heavy atom. The Balaban J connectivity index is 1.74. The van der Waals surface area contributed by atoms with Crippen molar-refractivity contribution in [2.75, 3.05) is 6.61 Å². The van der Waals surface area contributed by atoms with Gasteiger partial charge in [-0.25, -0.2) is 0 Å². The molecule has 0 aliphatic carbocycles. The van der Waals surface area contributed by atoms with Crippen molar-refractivity contribution in [3.05, 3.63) is 77.0 Å². The van der Waals surface area contributed by atoms with Crippen LogP contribution in [0.5, 0.6) is 0 Å². The molecule has 0 aromatic heterocycles. The van der Waals surface area contributed by atoms with Gasteiger partial charge < -0.3 is 0 Å². The molecule has 0 unspecified atom stereocenters. The fraction of sp³-hybridized carbons (Fsp3) is 0.263. The zero-order valence-electron chi connectivity index (χ0n) is 12.6. The van der Waals surface area contributed by atoms with E-state index in [2.05, 4.69) is 53.5 Å². The molecule has 3 heteroatoms. The van der Waals surface area contributed by atoms with Crippen molar-refractivity contribution in [3.8, 4) is 0 Å². The maximum atomic E-state index is 6.19. The summed E-state index contributed by atoms with van der Waals surface area (Å²) in [6.07, 6.45) is 1.09. The van der Waals surface area contributed by atoms with Crippen LogP contribution in [0.2, 0.25) is 0 Å². The van der Waals surface area contributed by atoms with Crippen molar-refractivity contribution in [2.45, 2.75) is 25.6 Å². The predicted octanol–water partition coefficient (Wildman–Crippen LogP) is 3.42. The summed E-state index contributed by atoms with van der Waals surface area (Å²) in [6, 6.07) is 20.9. The molecule has 1 aliphatic rings. The molecule has 22 heavy (non-hydrogen) atoms. The Morgan fingerprint density at radius 3 is 2.45 bits per heavy atom. The van der Waals surface area contributed by atoms with Gasteiger partial charge in [0.15, 0.2) is 0 Å². The summed E-state index contributed by atoms with van der Waals surface area (Å²) in [5.41, 5.74) is 1.22. The van der Waals surface area contributed by atoms with Crippen LogP contribution in [0.4, 0.5) is 0 Å². The quantitative estimate of drug-likeness (QED) is 0.762. The van der Waals surface area contributed by atoms with Crippen molar-refractivity contribution in [3.63, 3.8) is 0 Å². The first-order valence-corrected chi connectivity index (χ1v) is 9.46. The molecule has 1 heterocycles. The van der Waals surface area contributed by atoms with Gasteiger partial charge in [0.05, 0.1) is 0 Å². The second-order valence-corrected chi connectivity index (χ2v) is 7.13. The Morgan fingerprint density at radius 1 is 1.09 bits per heavy atom. The van der Waals surface area contributed by atoms with Gasteiger partial charge in [-0.15, -0.1) is 0 Å². The van der Waals surface area contributed by atoms with Crippen LogP contribution in [0, 0.1) is 0 Å². The third-order valence-corrected chi connectivity index (χ3v) is 5.49. The molecule has 0 amide bonds. The van der Waals surface area contributed by atoms with Gasteiger partial charge in [-0.2, -0.15) is 0 Å². The molecular weight excluding hydrogens is 339 g/mol. The molecule has 114 valence electrons. The minimum absolute atomic E-state index is 0.0841. The molecule has 3 rings (SSSR count). The molecule has 0 spiro atoms. The molecule has 1 fully saturated rings. The van der Waals surface area contributed by atoms with Crippen molar-refractivity contribution < 1.29 is 9.47 Å². The van der Waals surface area contributed by atoms with Crippen molar-refractivity contribution in [1.29, 1.82) is 0 Å². The van der Waals surface area contributed by atoms with Crippen LogP contribution < -0.4 is 4.46 Å². The van der Waals surface area contributed by atoms with E-state index in [-0.39, 0.29) is 27.2 Å². The number of hydrogen-bond donors (Lipinski definition) is 0. The van der Waals surface area contributed by atoms with E-state index in [4.69, 9.17) is 9.47 Å². The summed E-state index contributed by atoms with van der Waals surface area (Å²) in [4.78, 5) is 2.23. The molecule has 0 saturated carbocycles. The van der Waals surface area contributed by atoms with E-state index >= 15 is 0 Å². The Kier molecular flexibility index (Phi) is 5.33. The maximum absolute atomic E-state index is 6.19. The van der Waals surface area contributed by atoms with E-state index in [1.807, 2.05) is 19.1 Å². The van der Waals surface area contributed by atoms with Crippen LogP contribution in [0.25, 0.3) is 0 Å². The third kappa shape index (κ3) is 3.80. The molecule has 0 radical (unpaired) electrons. The van der Waals surface area contributed by atoms with Crippen LogP contribution in [0.1, 0.15) is 25.0 Å². The zero-order chi connectivity index (χ0) is 15.2. The number of rotatable bonds is 5. The van der Waals surface area contributed by atoms with Gasteiger partial charge in [0.2, 0.25) is 0 Å². The van der Waals surface area contributed by atoms with E-state index in [0.717, 1.165) is 12.2 Å². The van der Waals surface area contributed by atoms with E-state index in [1.54, 1.807) is 0 Å². The summed E-state index contributed by atoms with van der Waals surface area (Å²) in [6.45, 7) is 2.75. The first kappa shape index (κ1) is 15.4. The topological polar surface area (TPSA) is 18.5 Å². The van der Waals surface area contributed by atoms with E-state index < -0.39 is 0 Å². The van der Waals surface area contributed by atoms with Gasteiger partial charge in [-0.1, -0.05) is 0 Å². The van der Waals surface area contributed by atoms with Crippen molar-refractivity contribution in [2.24, 2.45) is 0 Å². The molecule has 0 bridgehead atoms. The minimum atomic E-state index is 0.0841. The van der Waals surface area contributed by atoms with Crippen LogP contribution >= 0.6 is 0 Å². The van der Waals surface area contributed by atoms with Gasteiger partial charge in [0.25, 0.3) is 0 Å². The summed E-state index contributed by atoms with van der Waals surface area (Å²) in [5, 5.41) is 0. The molecule has 1 aliphatic heterocycles. The van der Waals surface area contributed by atoms with Gasteiger partial charge in [-0.05, 0) is 0 Å². The van der Waals surface area contributed by atoms with E-state index in [0.29, 0.717) is 6.61 Å². The third-order valence-electron chi connectivity index (χ3n) is 3.62. The van der Waals surface area contributed by atoms with Crippen LogP contribution in [0.3, 0.4) is 0 Å². The summed E-state index contributed by atoms with van der Waals surface area (Å²) < 4.78 is 13.4. The number of hydrogen-bond acceptors (Lipinski definition) is 2. The monoisotopic (exact) mass is 360 g/mol. The predicted molar refractivity (Wildman–Crippen MR) is 90.2 cm³/mol. The van der Waals surface area contributed by atoms with Gasteiger partial charge in [0, 0.05) is 0 Å². The van der Waals surface area contributed by atoms with E-state index in [1.165, 1.54) is 10.0 Å². The molecule has 2 aromatic carbocycles. The summed E-state index contributed by atoms with van der Waals surface area (Å²) >= 11 is 0.275. The fourth-order valence-electron chi connectivity index (χ4n) is 2.55. The number of ether oxygens (including phenoxy) is 2. The van der Waals surface area contributed by atoms with Gasteiger partial charge >= 0.3 is 138 Å². The fourth-order valence-corrected chi connectivity index (χ4v) is 4.17. The number of benzene rings is 2. The zero-order valence-corrected chi connectivity index (χ0v) is 14.4. The van der Waals surface area contributed by atoms with Crippen molar-refractivity contribution >= 4 is 19.4 Å². The molecule has 2 atom stereocenters. The van der Waals surface area contributed by atoms with Crippen molar-refractivity contribution in [1.82, 2.24) is 0 Å². The molecule has 2 nitrogen and oxygen atoms in total. The molecule has 2 aromatic rings. The van der Waals surface area contributed by atoms with Gasteiger partial charge in [-0.3, -0.25) is 0 Å². The van der Waals surface area contributed by atoms with E-state index in [9.17, 15) is 0 Å². The molecule has 1 saturated heterocycles. The molecule has 0 N–H and O–H groups in total. The van der Waals surface area contributed by atoms with Crippen LogP contribution in [-0.4, -0.2) is 27.7 Å². The first-order valence-electron chi connectivity index (χ1n) is 7.62. The Hall–Kier alpha value is -1.54. The van der Waals surface area contributed by atoms with Crippen LogP contribution in [0.15, 0.2) is 71.4 Å². The van der Waals surface area contributed by atoms with Crippen LogP contribution in [-0.2, 0) is 9.47 Å². The summed E-state index contributed by atoms with van der Waals surface area (Å²) in [5.74, 6) is 1.000. The Bertz CT molecular complexity index is 610. The molecular formula is C19H20O2Se. The SMILES string of the molecule is CCO[C@@H]1C[C@H](c2ccccc2)O/C1=C\[Se]c1ccccc1. The average Bonchev–Trinajstić information content (AvgIpc) is 2.98. The summed E-state index contributed by atoms with van der Waals surface area (Å²) in [7, 11) is 0. The second kappa shape index (κ2) is 7.64. The average molecular weight is 359 g/mol. The Labute approximate surface area is 138 Å².